The molecular formula is C18H16Cl2FN3OS. The number of halogens is 3. The van der Waals surface area contributed by atoms with E-state index < -0.39 is 0 Å². The zero-order valence-corrected chi connectivity index (χ0v) is 16.4. The van der Waals surface area contributed by atoms with Gasteiger partial charge in [0, 0.05) is 17.8 Å². The Balaban J connectivity index is 1.70. The summed E-state index contributed by atoms with van der Waals surface area (Å²) in [5.74, 6) is 1.41. The molecule has 1 aromatic heterocycles. The molecule has 0 bridgehead atoms. The van der Waals surface area contributed by atoms with Gasteiger partial charge in [0.05, 0.1) is 5.02 Å². The van der Waals surface area contributed by atoms with Crippen LogP contribution in [0.15, 0.2) is 47.6 Å². The lowest BCUT2D eigenvalue weighted by molar-refractivity contribution is 0.211. The molecule has 0 aliphatic heterocycles. The van der Waals surface area contributed by atoms with E-state index in [4.69, 9.17) is 27.9 Å². The molecule has 136 valence electrons. The van der Waals surface area contributed by atoms with Crippen molar-refractivity contribution in [3.8, 4) is 5.75 Å². The van der Waals surface area contributed by atoms with Crippen LogP contribution in [0.1, 0.15) is 24.4 Å². The van der Waals surface area contributed by atoms with Crippen LogP contribution in [0.4, 0.5) is 4.39 Å². The van der Waals surface area contributed by atoms with Crippen molar-refractivity contribution in [3.63, 3.8) is 0 Å². The highest BCUT2D eigenvalue weighted by Crippen LogP contribution is 2.31. The second kappa shape index (κ2) is 8.29. The lowest BCUT2D eigenvalue weighted by Crippen LogP contribution is -2.10. The number of thioether (sulfide) groups is 1. The van der Waals surface area contributed by atoms with E-state index in [0.717, 1.165) is 0 Å². The van der Waals surface area contributed by atoms with E-state index in [1.54, 1.807) is 30.3 Å². The van der Waals surface area contributed by atoms with Crippen LogP contribution < -0.4 is 4.74 Å². The van der Waals surface area contributed by atoms with Crippen LogP contribution >= 0.6 is 35.0 Å². The third-order valence-electron chi connectivity index (χ3n) is 3.74. The summed E-state index contributed by atoms with van der Waals surface area (Å²) in [5, 5.41) is 10.0. The van der Waals surface area contributed by atoms with E-state index in [9.17, 15) is 4.39 Å². The minimum Gasteiger partial charge on any atom is -0.481 e. The van der Waals surface area contributed by atoms with Crippen LogP contribution in [0, 0.1) is 5.82 Å². The molecule has 0 aliphatic rings. The van der Waals surface area contributed by atoms with E-state index >= 15 is 0 Å². The number of ether oxygens (including phenoxy) is 1. The average molecular weight is 412 g/mol. The molecule has 0 spiro atoms. The highest BCUT2D eigenvalue weighted by molar-refractivity contribution is 7.98. The summed E-state index contributed by atoms with van der Waals surface area (Å²) in [6.45, 7) is 1.86. The summed E-state index contributed by atoms with van der Waals surface area (Å²) in [7, 11) is 1.85. The van der Waals surface area contributed by atoms with Gasteiger partial charge in [0.1, 0.15) is 11.6 Å². The highest BCUT2D eigenvalue weighted by atomic mass is 35.5. The van der Waals surface area contributed by atoms with E-state index in [1.807, 2.05) is 24.6 Å². The molecule has 3 aromatic rings. The van der Waals surface area contributed by atoms with Gasteiger partial charge >= 0.3 is 0 Å². The van der Waals surface area contributed by atoms with Crippen LogP contribution in [-0.2, 0) is 12.8 Å². The zero-order chi connectivity index (χ0) is 18.7. The van der Waals surface area contributed by atoms with Gasteiger partial charge in [-0.15, -0.1) is 10.2 Å². The molecular weight excluding hydrogens is 396 g/mol. The summed E-state index contributed by atoms with van der Waals surface area (Å²) in [5.41, 5.74) is 0.624. The van der Waals surface area contributed by atoms with Crippen molar-refractivity contribution >= 4 is 35.0 Å². The minimum absolute atomic E-state index is 0.225. The fraction of sp³-hybridized carbons (Fsp3) is 0.222. The predicted octanol–water partition coefficient (Wildman–Crippen LogP) is 5.69. The van der Waals surface area contributed by atoms with Gasteiger partial charge in [-0.3, -0.25) is 0 Å². The quantitative estimate of drug-likeness (QED) is 0.488. The summed E-state index contributed by atoms with van der Waals surface area (Å²) in [6, 6.07) is 11.7. The van der Waals surface area contributed by atoms with Gasteiger partial charge < -0.3 is 9.30 Å². The first kappa shape index (κ1) is 19.0. The molecule has 1 unspecified atom stereocenters. The van der Waals surface area contributed by atoms with Crippen molar-refractivity contribution in [1.82, 2.24) is 14.8 Å². The maximum Gasteiger partial charge on any atom is 0.191 e. The van der Waals surface area contributed by atoms with Crippen LogP contribution in [0.2, 0.25) is 10.0 Å². The van der Waals surface area contributed by atoms with Gasteiger partial charge in [0.15, 0.2) is 17.1 Å². The fourth-order valence-electron chi connectivity index (χ4n) is 2.38. The Kier molecular flexibility index (Phi) is 6.06. The molecule has 0 saturated carbocycles. The number of hydrogen-bond acceptors (Lipinski definition) is 4. The third kappa shape index (κ3) is 4.31. The molecule has 2 aromatic carbocycles. The maximum atomic E-state index is 13.7. The summed E-state index contributed by atoms with van der Waals surface area (Å²) in [6.07, 6.45) is -0.367. The molecule has 0 N–H and O–H groups in total. The number of rotatable bonds is 6. The standard InChI is InChI=1S/C18H16Cl2FN3OS/c1-11(25-16-8-7-13(19)9-14(16)20)17-22-23-18(24(17)2)26-10-12-5-3-4-6-15(12)21/h3-9,11H,10H2,1-2H3. The topological polar surface area (TPSA) is 39.9 Å². The van der Waals surface area contributed by atoms with Gasteiger partial charge in [-0.2, -0.15) is 0 Å². The molecule has 0 aliphatic carbocycles. The largest absolute Gasteiger partial charge is 0.481 e. The summed E-state index contributed by atoms with van der Waals surface area (Å²) < 4.78 is 21.4. The van der Waals surface area contributed by atoms with Crippen LogP contribution in [0.3, 0.4) is 0 Å². The average Bonchev–Trinajstić information content (AvgIpc) is 2.97. The Morgan fingerprint density at radius 3 is 2.69 bits per heavy atom. The van der Waals surface area contributed by atoms with Crippen LogP contribution in [0.25, 0.3) is 0 Å². The summed E-state index contributed by atoms with van der Waals surface area (Å²) >= 11 is 13.5. The second-order valence-corrected chi connectivity index (χ2v) is 7.40. The summed E-state index contributed by atoms with van der Waals surface area (Å²) in [4.78, 5) is 0. The first-order valence-electron chi connectivity index (χ1n) is 7.83. The van der Waals surface area contributed by atoms with Crippen molar-refractivity contribution in [2.75, 3.05) is 0 Å². The van der Waals surface area contributed by atoms with Crippen LogP contribution in [-0.4, -0.2) is 14.8 Å². The normalized spacial score (nSPS) is 12.2. The lowest BCUT2D eigenvalue weighted by atomic mass is 10.2. The first-order valence-corrected chi connectivity index (χ1v) is 9.57. The Labute approximate surface area is 165 Å². The van der Waals surface area contributed by atoms with Gasteiger partial charge in [-0.25, -0.2) is 4.39 Å². The minimum atomic E-state index is -0.367. The maximum absolute atomic E-state index is 13.7. The number of hydrogen-bond donors (Lipinski definition) is 0. The first-order chi connectivity index (χ1) is 12.5. The van der Waals surface area contributed by atoms with E-state index in [2.05, 4.69) is 10.2 Å². The van der Waals surface area contributed by atoms with Crippen LogP contribution in [0.5, 0.6) is 5.75 Å². The van der Waals surface area contributed by atoms with Crippen molar-refractivity contribution in [2.24, 2.45) is 7.05 Å². The van der Waals surface area contributed by atoms with Gasteiger partial charge in [-0.1, -0.05) is 53.2 Å². The molecule has 1 heterocycles. The molecule has 26 heavy (non-hydrogen) atoms. The van der Waals surface area contributed by atoms with Crippen molar-refractivity contribution in [3.05, 3.63) is 69.7 Å². The third-order valence-corrected chi connectivity index (χ3v) is 5.34. The smallest absolute Gasteiger partial charge is 0.191 e. The van der Waals surface area contributed by atoms with Gasteiger partial charge in [0.2, 0.25) is 0 Å². The lowest BCUT2D eigenvalue weighted by Gasteiger charge is -2.15. The molecule has 0 fully saturated rings. The van der Waals surface area contributed by atoms with E-state index in [-0.39, 0.29) is 11.9 Å². The Hall–Kier alpha value is -1.76. The molecule has 8 heteroatoms. The fourth-order valence-corrected chi connectivity index (χ4v) is 3.74. The zero-order valence-electron chi connectivity index (χ0n) is 14.1. The number of aromatic nitrogens is 3. The van der Waals surface area contributed by atoms with E-state index in [0.29, 0.717) is 38.1 Å². The highest BCUT2D eigenvalue weighted by Gasteiger charge is 2.18. The predicted molar refractivity (Wildman–Crippen MR) is 102 cm³/mol. The Morgan fingerprint density at radius 2 is 1.96 bits per heavy atom. The van der Waals surface area contributed by atoms with Crippen molar-refractivity contribution < 1.29 is 9.13 Å². The molecule has 0 radical (unpaired) electrons. The Bertz CT molecular complexity index is 919. The second-order valence-electron chi connectivity index (χ2n) is 5.61. The molecule has 0 amide bonds. The van der Waals surface area contributed by atoms with Crippen molar-refractivity contribution in [2.45, 2.75) is 23.9 Å². The molecule has 4 nitrogen and oxygen atoms in total. The number of nitrogens with zero attached hydrogens (tertiary/aromatic N) is 3. The monoisotopic (exact) mass is 411 g/mol. The molecule has 0 saturated heterocycles. The molecule has 1 atom stereocenters. The Morgan fingerprint density at radius 1 is 1.19 bits per heavy atom. The number of benzene rings is 2. The van der Waals surface area contributed by atoms with E-state index in [1.165, 1.54) is 17.8 Å². The SMILES string of the molecule is CC(Oc1ccc(Cl)cc1Cl)c1nnc(SCc2ccccc2F)n1C. The molecule has 3 rings (SSSR count). The van der Waals surface area contributed by atoms with Gasteiger partial charge in [0.25, 0.3) is 0 Å². The van der Waals surface area contributed by atoms with Crippen molar-refractivity contribution in [1.29, 1.82) is 0 Å². The van der Waals surface area contributed by atoms with Gasteiger partial charge in [-0.05, 0) is 36.8 Å².